The van der Waals surface area contributed by atoms with Crippen LogP contribution in [0.5, 0.6) is 0 Å². The van der Waals surface area contributed by atoms with Gasteiger partial charge in [-0.15, -0.1) is 0 Å². The molecular formula is C12H19ClN4O3. The molecule has 0 aliphatic carbocycles. The fourth-order valence-corrected chi connectivity index (χ4v) is 1.80. The van der Waals surface area contributed by atoms with Crippen molar-refractivity contribution in [3.05, 3.63) is 21.6 Å². The highest BCUT2D eigenvalue weighted by molar-refractivity contribution is 6.33. The van der Waals surface area contributed by atoms with Gasteiger partial charge >= 0.3 is 0 Å². The number of hydrogen-bond donors (Lipinski definition) is 2. The summed E-state index contributed by atoms with van der Waals surface area (Å²) in [5.74, 6) is -0.108. The SMILES string of the molecule is CCN(C)C(=O)C(C)Nc1cnn(CCO)c(=O)c1Cl. The molecule has 0 saturated heterocycles. The third-order valence-corrected chi connectivity index (χ3v) is 3.25. The summed E-state index contributed by atoms with van der Waals surface area (Å²) in [4.78, 5) is 25.3. The maximum atomic E-state index is 11.9. The van der Waals surface area contributed by atoms with Crippen LogP contribution in [0.25, 0.3) is 0 Å². The van der Waals surface area contributed by atoms with Crippen LogP contribution in [0.15, 0.2) is 11.0 Å². The van der Waals surface area contributed by atoms with Gasteiger partial charge in [-0.2, -0.15) is 5.10 Å². The van der Waals surface area contributed by atoms with Crippen LogP contribution < -0.4 is 10.9 Å². The van der Waals surface area contributed by atoms with E-state index in [1.807, 2.05) is 6.92 Å². The van der Waals surface area contributed by atoms with Gasteiger partial charge in [0, 0.05) is 13.6 Å². The van der Waals surface area contributed by atoms with Crippen molar-refractivity contribution >= 4 is 23.2 Å². The molecule has 0 aliphatic heterocycles. The third kappa shape index (κ3) is 3.71. The summed E-state index contributed by atoms with van der Waals surface area (Å²) in [6.45, 7) is 4.02. The number of nitrogens with zero attached hydrogens (tertiary/aromatic N) is 3. The Hall–Kier alpha value is -1.60. The second kappa shape index (κ2) is 7.25. The Morgan fingerprint density at radius 3 is 2.85 bits per heavy atom. The molecule has 1 atom stereocenters. The van der Waals surface area contributed by atoms with Gasteiger partial charge in [0.25, 0.3) is 5.56 Å². The second-order valence-electron chi connectivity index (χ2n) is 4.34. The molecule has 7 nitrogen and oxygen atoms in total. The van der Waals surface area contributed by atoms with E-state index < -0.39 is 11.6 Å². The minimum Gasteiger partial charge on any atom is -0.394 e. The van der Waals surface area contributed by atoms with Crippen molar-refractivity contribution in [1.82, 2.24) is 14.7 Å². The fraction of sp³-hybridized carbons (Fsp3) is 0.583. The quantitative estimate of drug-likeness (QED) is 0.782. The first-order valence-electron chi connectivity index (χ1n) is 6.30. The summed E-state index contributed by atoms with van der Waals surface area (Å²) in [6, 6.07) is -0.521. The van der Waals surface area contributed by atoms with Gasteiger partial charge in [-0.3, -0.25) is 9.59 Å². The van der Waals surface area contributed by atoms with Crippen LogP contribution in [-0.2, 0) is 11.3 Å². The van der Waals surface area contributed by atoms with Gasteiger partial charge in [0.05, 0.1) is 25.0 Å². The molecule has 112 valence electrons. The predicted molar refractivity (Wildman–Crippen MR) is 77.0 cm³/mol. The third-order valence-electron chi connectivity index (χ3n) is 2.89. The molecule has 1 unspecified atom stereocenters. The Morgan fingerprint density at radius 1 is 1.65 bits per heavy atom. The second-order valence-corrected chi connectivity index (χ2v) is 4.72. The van der Waals surface area contributed by atoms with Crippen LogP contribution in [0.4, 0.5) is 5.69 Å². The van der Waals surface area contributed by atoms with E-state index in [-0.39, 0.29) is 24.1 Å². The highest BCUT2D eigenvalue weighted by Gasteiger charge is 2.18. The van der Waals surface area contributed by atoms with Crippen molar-refractivity contribution in [2.24, 2.45) is 0 Å². The number of anilines is 1. The van der Waals surface area contributed by atoms with Gasteiger partial charge in [0.15, 0.2) is 0 Å². The molecule has 0 bridgehead atoms. The maximum absolute atomic E-state index is 11.9. The average Bonchev–Trinajstić information content (AvgIpc) is 2.45. The normalized spacial score (nSPS) is 12.1. The molecular weight excluding hydrogens is 284 g/mol. The summed E-state index contributed by atoms with van der Waals surface area (Å²) in [5.41, 5.74) is -0.203. The van der Waals surface area contributed by atoms with Crippen molar-refractivity contribution in [3.8, 4) is 0 Å². The molecule has 1 aromatic heterocycles. The monoisotopic (exact) mass is 302 g/mol. The Balaban J connectivity index is 2.91. The lowest BCUT2D eigenvalue weighted by Crippen LogP contribution is -2.39. The van der Waals surface area contributed by atoms with Crippen molar-refractivity contribution in [1.29, 1.82) is 0 Å². The maximum Gasteiger partial charge on any atom is 0.287 e. The van der Waals surface area contributed by atoms with Gasteiger partial charge < -0.3 is 15.3 Å². The minimum absolute atomic E-state index is 0.0488. The van der Waals surface area contributed by atoms with Crippen LogP contribution in [0.2, 0.25) is 5.02 Å². The van der Waals surface area contributed by atoms with Crippen LogP contribution in [-0.4, -0.2) is 51.9 Å². The molecule has 0 aliphatic rings. The van der Waals surface area contributed by atoms with Crippen molar-refractivity contribution < 1.29 is 9.90 Å². The smallest absolute Gasteiger partial charge is 0.287 e. The molecule has 0 radical (unpaired) electrons. The lowest BCUT2D eigenvalue weighted by atomic mass is 10.2. The van der Waals surface area contributed by atoms with Crippen LogP contribution in [0.3, 0.4) is 0 Å². The zero-order chi connectivity index (χ0) is 15.3. The Bertz CT molecular complexity index is 532. The van der Waals surface area contributed by atoms with E-state index in [9.17, 15) is 9.59 Å². The number of carbonyl (C=O) groups is 1. The number of hydrogen-bond acceptors (Lipinski definition) is 5. The Kier molecular flexibility index (Phi) is 5.97. The highest BCUT2D eigenvalue weighted by Crippen LogP contribution is 2.16. The van der Waals surface area contributed by atoms with Gasteiger partial charge in [-0.05, 0) is 13.8 Å². The number of nitrogens with one attached hydrogen (secondary N) is 1. The predicted octanol–water partition coefficient (Wildman–Crippen LogP) is 0.168. The van der Waals surface area contributed by atoms with Crippen LogP contribution in [0, 0.1) is 0 Å². The first-order chi connectivity index (χ1) is 9.42. The zero-order valence-electron chi connectivity index (χ0n) is 11.8. The van der Waals surface area contributed by atoms with E-state index in [4.69, 9.17) is 16.7 Å². The number of aliphatic hydroxyl groups excluding tert-OH is 1. The molecule has 8 heteroatoms. The summed E-state index contributed by atoms with van der Waals surface area (Å²) in [7, 11) is 1.69. The summed E-state index contributed by atoms with van der Waals surface area (Å²) in [5, 5.41) is 15.5. The standard InChI is InChI=1S/C12H19ClN4O3/c1-4-16(3)11(19)8(2)15-9-7-14-17(5-6-18)12(20)10(9)13/h7-8,15,18H,4-6H2,1-3H3. The van der Waals surface area contributed by atoms with Crippen LogP contribution >= 0.6 is 11.6 Å². The molecule has 2 N–H and O–H groups in total. The van der Waals surface area contributed by atoms with Gasteiger partial charge in [0.1, 0.15) is 11.1 Å². The van der Waals surface area contributed by atoms with E-state index in [1.54, 1.807) is 18.9 Å². The number of aromatic nitrogens is 2. The first kappa shape index (κ1) is 16.5. The zero-order valence-corrected chi connectivity index (χ0v) is 12.5. The number of likely N-dealkylation sites (N-methyl/N-ethyl adjacent to an activating group) is 1. The fourth-order valence-electron chi connectivity index (χ4n) is 1.60. The van der Waals surface area contributed by atoms with E-state index in [2.05, 4.69) is 10.4 Å². The molecule has 0 saturated carbocycles. The first-order valence-corrected chi connectivity index (χ1v) is 6.68. The molecule has 0 fully saturated rings. The number of aliphatic hydroxyl groups is 1. The van der Waals surface area contributed by atoms with Crippen molar-refractivity contribution in [2.75, 3.05) is 25.5 Å². The average molecular weight is 303 g/mol. The van der Waals surface area contributed by atoms with Gasteiger partial charge in [-0.1, -0.05) is 11.6 Å². The molecule has 0 spiro atoms. The van der Waals surface area contributed by atoms with Crippen LogP contribution in [0.1, 0.15) is 13.8 Å². The molecule has 1 amide bonds. The summed E-state index contributed by atoms with van der Waals surface area (Å²) >= 11 is 5.95. The highest BCUT2D eigenvalue weighted by atomic mass is 35.5. The number of rotatable bonds is 6. The molecule has 1 aromatic rings. The number of carbonyl (C=O) groups excluding carboxylic acids is 1. The van der Waals surface area contributed by atoms with E-state index >= 15 is 0 Å². The lowest BCUT2D eigenvalue weighted by molar-refractivity contribution is -0.130. The van der Waals surface area contributed by atoms with Crippen molar-refractivity contribution in [2.45, 2.75) is 26.4 Å². The number of amides is 1. The Labute approximate surface area is 122 Å². The molecule has 0 aromatic carbocycles. The topological polar surface area (TPSA) is 87.5 Å². The summed E-state index contributed by atoms with van der Waals surface area (Å²) in [6.07, 6.45) is 1.37. The lowest BCUT2D eigenvalue weighted by Gasteiger charge is -2.21. The number of halogens is 1. The molecule has 1 heterocycles. The van der Waals surface area contributed by atoms with Crippen molar-refractivity contribution in [3.63, 3.8) is 0 Å². The van der Waals surface area contributed by atoms with Gasteiger partial charge in [0.2, 0.25) is 5.91 Å². The van der Waals surface area contributed by atoms with E-state index in [0.29, 0.717) is 12.2 Å². The molecule has 1 rings (SSSR count). The van der Waals surface area contributed by atoms with E-state index in [0.717, 1.165) is 4.68 Å². The minimum atomic E-state index is -0.521. The summed E-state index contributed by atoms with van der Waals surface area (Å²) < 4.78 is 1.07. The Morgan fingerprint density at radius 2 is 2.30 bits per heavy atom. The largest absolute Gasteiger partial charge is 0.394 e. The molecule has 20 heavy (non-hydrogen) atoms. The van der Waals surface area contributed by atoms with E-state index in [1.165, 1.54) is 6.20 Å². The van der Waals surface area contributed by atoms with Gasteiger partial charge in [-0.25, -0.2) is 4.68 Å².